The van der Waals surface area contributed by atoms with Crippen LogP contribution < -0.4 is 5.32 Å². The van der Waals surface area contributed by atoms with Crippen molar-refractivity contribution in [3.8, 4) is 0 Å². The number of aliphatic carboxylic acids is 1. The van der Waals surface area contributed by atoms with Gasteiger partial charge in [0.2, 0.25) is 5.91 Å². The molecule has 0 bridgehead atoms. The maximum atomic E-state index is 11.9. The van der Waals surface area contributed by atoms with Gasteiger partial charge in [-0.1, -0.05) is 18.6 Å². The van der Waals surface area contributed by atoms with Crippen LogP contribution >= 0.6 is 0 Å². The largest absolute Gasteiger partial charge is 0.480 e. The molecular weight excluding hydrogens is 462 g/mol. The molecule has 2 unspecified atom stereocenters. The van der Waals surface area contributed by atoms with Crippen LogP contribution in [0.15, 0.2) is 11.6 Å². The average Bonchev–Trinajstić information content (AvgIpc) is 3.18. The van der Waals surface area contributed by atoms with Crippen molar-refractivity contribution in [2.24, 2.45) is 41.4 Å². The highest BCUT2D eigenvalue weighted by atomic mass is 32.3. The van der Waals surface area contributed by atoms with E-state index in [0.29, 0.717) is 54.8 Å². The second-order valence-electron chi connectivity index (χ2n) is 10.8. The van der Waals surface area contributed by atoms with Crippen LogP contribution in [0, 0.1) is 41.4 Å². The first-order valence-corrected chi connectivity index (χ1v) is 13.9. The number of carbonyl (C=O) groups is 2. The molecule has 0 spiro atoms. The zero-order chi connectivity index (χ0) is 24.6. The van der Waals surface area contributed by atoms with Crippen LogP contribution in [0.5, 0.6) is 0 Å². The molecule has 10 heteroatoms. The lowest BCUT2D eigenvalue weighted by atomic mass is 9.55. The van der Waals surface area contributed by atoms with Crippen LogP contribution in [-0.4, -0.2) is 53.8 Å². The van der Waals surface area contributed by atoms with E-state index in [1.54, 1.807) is 0 Å². The summed E-state index contributed by atoms with van der Waals surface area (Å²) in [5.74, 6) is 1.53. The number of carboxylic acid groups (broad SMARTS) is 1. The molecule has 4 N–H and O–H groups in total. The zero-order valence-electron chi connectivity index (χ0n) is 19.6. The van der Waals surface area contributed by atoms with Crippen molar-refractivity contribution >= 4 is 22.3 Å². The fourth-order valence-corrected chi connectivity index (χ4v) is 8.29. The standard InChI is InChI=1S/C24H37NO8S/c1-13(2-9-22(27)25-12-23(28)29)16-5-7-20-18(16)6-8-19-17-4-3-15(33-34(30,31)32)10-14(17)11-21(26)24(19)20/h11,13,15-21,24,26H,2-10,12H2,1H3,(H,25,27)(H,28,29)(H,30,31,32)/t13-,15+,16?,17+,18-,19?,20-,21-,24-/m1/s1. The SMILES string of the molecule is C[C@H](CCC(=O)NCC(=O)O)C1CC[C@H]2[C@H]3C(CC[C@H]12)[C@H]1CC[C@H](OS(=O)(=O)O)CC1=C[C@H]3O. The second kappa shape index (κ2) is 10.2. The monoisotopic (exact) mass is 499 g/mol. The van der Waals surface area contributed by atoms with Gasteiger partial charge >= 0.3 is 16.4 Å². The molecule has 0 aromatic carbocycles. The predicted molar refractivity (Wildman–Crippen MR) is 123 cm³/mol. The Morgan fingerprint density at radius 2 is 1.82 bits per heavy atom. The molecule has 4 rings (SSSR count). The number of amides is 1. The maximum absolute atomic E-state index is 11.9. The molecule has 0 radical (unpaired) electrons. The molecule has 192 valence electrons. The predicted octanol–water partition coefficient (Wildman–Crippen LogP) is 2.56. The number of hydrogen-bond acceptors (Lipinski definition) is 6. The summed E-state index contributed by atoms with van der Waals surface area (Å²) < 4.78 is 36.1. The first-order chi connectivity index (χ1) is 16.0. The van der Waals surface area contributed by atoms with Crippen molar-refractivity contribution in [2.75, 3.05) is 6.54 Å². The number of hydrogen-bond donors (Lipinski definition) is 4. The number of aliphatic hydroxyl groups is 1. The summed E-state index contributed by atoms with van der Waals surface area (Å²) in [7, 11) is -4.48. The summed E-state index contributed by atoms with van der Waals surface area (Å²) in [6, 6.07) is 0. The van der Waals surface area contributed by atoms with Crippen molar-refractivity contribution in [3.05, 3.63) is 11.6 Å². The van der Waals surface area contributed by atoms with E-state index in [-0.39, 0.29) is 18.4 Å². The smallest absolute Gasteiger partial charge is 0.397 e. The number of aliphatic hydroxyl groups excluding tert-OH is 1. The number of rotatable bonds is 8. The molecule has 0 heterocycles. The minimum atomic E-state index is -4.48. The van der Waals surface area contributed by atoms with Gasteiger partial charge in [0.05, 0.1) is 12.2 Å². The summed E-state index contributed by atoms with van der Waals surface area (Å²) in [5, 5.41) is 22.3. The van der Waals surface area contributed by atoms with Crippen LogP contribution in [0.1, 0.15) is 64.7 Å². The third kappa shape index (κ3) is 5.66. The topological polar surface area (TPSA) is 150 Å². The highest BCUT2D eigenvalue weighted by Gasteiger charge is 2.53. The summed E-state index contributed by atoms with van der Waals surface area (Å²) in [5.41, 5.74) is 1.07. The minimum absolute atomic E-state index is 0.211. The third-order valence-electron chi connectivity index (χ3n) is 9.04. The quantitative estimate of drug-likeness (QED) is 0.294. The van der Waals surface area contributed by atoms with E-state index < -0.39 is 28.6 Å². The number of fused-ring (bicyclic) bond motifs is 5. The number of nitrogens with one attached hydrogen (secondary N) is 1. The van der Waals surface area contributed by atoms with Gasteiger partial charge in [-0.15, -0.1) is 0 Å². The van der Waals surface area contributed by atoms with Crippen LogP contribution in [0.2, 0.25) is 0 Å². The van der Waals surface area contributed by atoms with Crippen LogP contribution in [0.3, 0.4) is 0 Å². The molecule has 0 aromatic heterocycles. The molecule has 0 aliphatic heterocycles. The van der Waals surface area contributed by atoms with E-state index in [2.05, 4.69) is 12.2 Å². The molecule has 3 fully saturated rings. The van der Waals surface area contributed by atoms with Crippen LogP contribution in [-0.2, 0) is 24.2 Å². The molecule has 4 aliphatic carbocycles. The van der Waals surface area contributed by atoms with Gasteiger partial charge in [0.1, 0.15) is 6.54 Å². The molecular formula is C24H37NO8S. The van der Waals surface area contributed by atoms with E-state index in [1.807, 2.05) is 6.08 Å². The summed E-state index contributed by atoms with van der Waals surface area (Å²) in [4.78, 5) is 22.6. The van der Waals surface area contributed by atoms with Gasteiger partial charge < -0.3 is 15.5 Å². The lowest BCUT2D eigenvalue weighted by Crippen LogP contribution is -2.48. The van der Waals surface area contributed by atoms with Crippen molar-refractivity contribution in [3.63, 3.8) is 0 Å². The molecule has 0 saturated heterocycles. The summed E-state index contributed by atoms with van der Waals surface area (Å²) in [6.45, 7) is 1.84. The van der Waals surface area contributed by atoms with Gasteiger partial charge in [0.15, 0.2) is 0 Å². The van der Waals surface area contributed by atoms with E-state index in [9.17, 15) is 23.1 Å². The number of carboxylic acids is 1. The second-order valence-corrected chi connectivity index (χ2v) is 11.9. The first-order valence-electron chi connectivity index (χ1n) is 12.6. The average molecular weight is 500 g/mol. The van der Waals surface area contributed by atoms with Crippen LogP contribution in [0.4, 0.5) is 0 Å². The van der Waals surface area contributed by atoms with Gasteiger partial charge in [-0.25, -0.2) is 4.18 Å². The van der Waals surface area contributed by atoms with Gasteiger partial charge in [0.25, 0.3) is 0 Å². The summed E-state index contributed by atoms with van der Waals surface area (Å²) in [6.07, 6.45) is 8.01. The Morgan fingerprint density at radius 1 is 1.12 bits per heavy atom. The molecule has 9 nitrogen and oxygen atoms in total. The Bertz CT molecular complexity index is 918. The highest BCUT2D eigenvalue weighted by molar-refractivity contribution is 7.80. The van der Waals surface area contributed by atoms with E-state index >= 15 is 0 Å². The van der Waals surface area contributed by atoms with Crippen molar-refractivity contribution in [1.29, 1.82) is 0 Å². The Hall–Kier alpha value is -1.49. The fraction of sp³-hybridized carbons (Fsp3) is 0.833. The molecule has 1 amide bonds. The van der Waals surface area contributed by atoms with Crippen molar-refractivity contribution < 1.29 is 37.0 Å². The normalized spacial score (nSPS) is 38.1. The third-order valence-corrected chi connectivity index (χ3v) is 9.56. The Labute approximate surface area is 201 Å². The van der Waals surface area contributed by atoms with Gasteiger partial charge in [-0.2, -0.15) is 8.42 Å². The van der Waals surface area contributed by atoms with Gasteiger partial charge in [-0.05, 0) is 92.8 Å². The molecule has 3 saturated carbocycles. The highest BCUT2D eigenvalue weighted by Crippen LogP contribution is 2.59. The molecule has 4 aliphatic rings. The Morgan fingerprint density at radius 3 is 2.53 bits per heavy atom. The first kappa shape index (κ1) is 25.6. The lowest BCUT2D eigenvalue weighted by Gasteiger charge is -2.51. The van der Waals surface area contributed by atoms with E-state index in [1.165, 1.54) is 0 Å². The van der Waals surface area contributed by atoms with Gasteiger partial charge in [-0.3, -0.25) is 14.1 Å². The van der Waals surface area contributed by atoms with E-state index in [0.717, 1.165) is 44.1 Å². The lowest BCUT2D eigenvalue weighted by molar-refractivity contribution is -0.138. The maximum Gasteiger partial charge on any atom is 0.397 e. The number of carbonyl (C=O) groups excluding carboxylic acids is 1. The van der Waals surface area contributed by atoms with Crippen molar-refractivity contribution in [2.45, 2.75) is 76.9 Å². The Balaban J connectivity index is 1.37. The molecule has 0 aromatic rings. The molecule has 34 heavy (non-hydrogen) atoms. The molecule has 9 atom stereocenters. The fourth-order valence-electron chi connectivity index (χ4n) is 7.78. The minimum Gasteiger partial charge on any atom is -0.480 e. The van der Waals surface area contributed by atoms with Crippen molar-refractivity contribution in [1.82, 2.24) is 5.32 Å². The van der Waals surface area contributed by atoms with E-state index in [4.69, 9.17) is 13.8 Å². The zero-order valence-corrected chi connectivity index (χ0v) is 20.5. The van der Waals surface area contributed by atoms with Crippen LogP contribution in [0.25, 0.3) is 0 Å². The van der Waals surface area contributed by atoms with Gasteiger partial charge in [0, 0.05) is 6.42 Å². The summed E-state index contributed by atoms with van der Waals surface area (Å²) >= 11 is 0. The Kier molecular flexibility index (Phi) is 7.71.